The summed E-state index contributed by atoms with van der Waals surface area (Å²) in [6.07, 6.45) is 2.54. The lowest BCUT2D eigenvalue weighted by molar-refractivity contribution is -0.119. The number of carbonyl (C=O) groups excluding carboxylic acids is 1. The molecule has 1 amide bonds. The number of carbonyl (C=O) groups is 1. The van der Waals surface area contributed by atoms with Gasteiger partial charge in [-0.1, -0.05) is 55.5 Å². The van der Waals surface area contributed by atoms with Crippen molar-refractivity contribution in [1.82, 2.24) is 4.90 Å². The molecule has 2 aromatic rings. The molecule has 0 N–H and O–H groups in total. The van der Waals surface area contributed by atoms with E-state index in [2.05, 4.69) is 54.3 Å². The molecular formula is C22H28N2O. The maximum atomic E-state index is 12.7. The largest absolute Gasteiger partial charge is 0.307 e. The maximum absolute atomic E-state index is 12.7. The van der Waals surface area contributed by atoms with Crippen LogP contribution in [0.25, 0.3) is 0 Å². The molecule has 0 atom stereocenters. The van der Waals surface area contributed by atoms with Gasteiger partial charge in [0.2, 0.25) is 5.91 Å². The van der Waals surface area contributed by atoms with Gasteiger partial charge in [-0.3, -0.25) is 9.69 Å². The average molecular weight is 336 g/mol. The minimum Gasteiger partial charge on any atom is -0.307 e. The number of rotatable bonds is 5. The molecule has 0 bridgehead atoms. The molecule has 0 unspecified atom stereocenters. The Morgan fingerprint density at radius 2 is 1.56 bits per heavy atom. The van der Waals surface area contributed by atoms with E-state index < -0.39 is 0 Å². The zero-order chi connectivity index (χ0) is 17.7. The number of amides is 1. The van der Waals surface area contributed by atoms with Crippen molar-refractivity contribution in [3.63, 3.8) is 0 Å². The van der Waals surface area contributed by atoms with Crippen LogP contribution in [0.1, 0.15) is 38.7 Å². The van der Waals surface area contributed by atoms with Crippen molar-refractivity contribution in [2.45, 2.75) is 45.2 Å². The molecule has 3 nitrogen and oxygen atoms in total. The van der Waals surface area contributed by atoms with Crippen LogP contribution >= 0.6 is 0 Å². The van der Waals surface area contributed by atoms with Crippen molar-refractivity contribution in [3.05, 3.63) is 66.2 Å². The summed E-state index contributed by atoms with van der Waals surface area (Å²) in [7, 11) is 0. The van der Waals surface area contributed by atoms with E-state index >= 15 is 0 Å². The van der Waals surface area contributed by atoms with Gasteiger partial charge in [0.25, 0.3) is 0 Å². The predicted octanol–water partition coefficient (Wildman–Crippen LogP) is 4.48. The highest BCUT2D eigenvalue weighted by Gasteiger charge is 2.38. The van der Waals surface area contributed by atoms with Crippen LogP contribution in [0.5, 0.6) is 0 Å². The first-order valence-corrected chi connectivity index (χ1v) is 9.27. The topological polar surface area (TPSA) is 23.6 Å². The van der Waals surface area contributed by atoms with Gasteiger partial charge in [0, 0.05) is 37.3 Å². The van der Waals surface area contributed by atoms with Gasteiger partial charge < -0.3 is 4.90 Å². The second kappa shape index (κ2) is 7.83. The molecule has 0 saturated carbocycles. The first-order chi connectivity index (χ1) is 12.1. The molecule has 3 heteroatoms. The minimum absolute atomic E-state index is 0.109. The van der Waals surface area contributed by atoms with E-state index in [0.29, 0.717) is 6.42 Å². The highest BCUT2D eigenvalue weighted by Crippen LogP contribution is 2.34. The first-order valence-electron chi connectivity index (χ1n) is 9.27. The summed E-state index contributed by atoms with van der Waals surface area (Å²) in [6, 6.07) is 20.8. The fourth-order valence-electron chi connectivity index (χ4n) is 3.75. The van der Waals surface area contributed by atoms with Crippen molar-refractivity contribution in [3.8, 4) is 0 Å². The van der Waals surface area contributed by atoms with Crippen molar-refractivity contribution >= 4 is 11.6 Å². The Morgan fingerprint density at radius 1 is 1.00 bits per heavy atom. The molecular weight excluding hydrogens is 308 g/mol. The summed E-state index contributed by atoms with van der Waals surface area (Å²) in [5.41, 5.74) is 2.27. The summed E-state index contributed by atoms with van der Waals surface area (Å²) in [5, 5.41) is 0. The van der Waals surface area contributed by atoms with Gasteiger partial charge in [-0.2, -0.15) is 0 Å². The van der Waals surface area contributed by atoms with Crippen molar-refractivity contribution in [2.24, 2.45) is 0 Å². The third kappa shape index (κ3) is 4.10. The highest BCUT2D eigenvalue weighted by atomic mass is 16.2. The van der Waals surface area contributed by atoms with Gasteiger partial charge >= 0.3 is 0 Å². The van der Waals surface area contributed by atoms with E-state index in [1.165, 1.54) is 5.56 Å². The van der Waals surface area contributed by atoms with E-state index in [1.54, 1.807) is 0 Å². The van der Waals surface area contributed by atoms with Gasteiger partial charge in [0.05, 0.1) is 0 Å². The number of likely N-dealkylation sites (tertiary alicyclic amines) is 1. The fourth-order valence-corrected chi connectivity index (χ4v) is 3.75. The smallest absolute Gasteiger partial charge is 0.227 e. The minimum atomic E-state index is -0.109. The zero-order valence-corrected chi connectivity index (χ0v) is 15.3. The van der Waals surface area contributed by atoms with Crippen LogP contribution in [0.15, 0.2) is 60.7 Å². The third-order valence-electron chi connectivity index (χ3n) is 5.29. The van der Waals surface area contributed by atoms with Crippen molar-refractivity contribution in [1.29, 1.82) is 0 Å². The number of nitrogens with zero attached hydrogens (tertiary/aromatic N) is 2. The summed E-state index contributed by atoms with van der Waals surface area (Å²) in [5.74, 6) is 0.213. The molecule has 2 aromatic carbocycles. The Balaban J connectivity index is 1.72. The molecule has 132 valence electrons. The lowest BCUT2D eigenvalue weighted by Crippen LogP contribution is -2.55. The molecule has 1 aliphatic rings. The van der Waals surface area contributed by atoms with E-state index in [9.17, 15) is 4.79 Å². The van der Waals surface area contributed by atoms with E-state index in [4.69, 9.17) is 0 Å². The Bertz CT molecular complexity index is 676. The summed E-state index contributed by atoms with van der Waals surface area (Å²) in [6.45, 7) is 7.22. The van der Waals surface area contributed by atoms with Gasteiger partial charge in [0.1, 0.15) is 0 Å². The van der Waals surface area contributed by atoms with E-state index in [1.807, 2.05) is 30.0 Å². The molecule has 1 fully saturated rings. The van der Waals surface area contributed by atoms with Gasteiger partial charge in [0.15, 0.2) is 0 Å². The fraction of sp³-hybridized carbons (Fsp3) is 0.409. The van der Waals surface area contributed by atoms with Crippen LogP contribution < -0.4 is 4.90 Å². The van der Waals surface area contributed by atoms with E-state index in [-0.39, 0.29) is 11.4 Å². The van der Waals surface area contributed by atoms with Crippen LogP contribution in [0.3, 0.4) is 0 Å². The van der Waals surface area contributed by atoms with Gasteiger partial charge in [-0.05, 0) is 37.5 Å². The number of anilines is 1. The molecule has 3 rings (SSSR count). The third-order valence-corrected chi connectivity index (χ3v) is 5.29. The van der Waals surface area contributed by atoms with Crippen LogP contribution in [0.4, 0.5) is 5.69 Å². The average Bonchev–Trinajstić information content (AvgIpc) is 2.65. The number of benzene rings is 2. The van der Waals surface area contributed by atoms with Gasteiger partial charge in [-0.25, -0.2) is 0 Å². The molecule has 1 aliphatic heterocycles. The van der Waals surface area contributed by atoms with Gasteiger partial charge in [-0.15, -0.1) is 0 Å². The lowest BCUT2D eigenvalue weighted by atomic mass is 9.86. The Labute approximate surface area is 151 Å². The molecule has 25 heavy (non-hydrogen) atoms. The molecule has 1 saturated heterocycles. The molecule has 0 spiro atoms. The summed E-state index contributed by atoms with van der Waals surface area (Å²) >= 11 is 0. The zero-order valence-electron chi connectivity index (χ0n) is 15.3. The van der Waals surface area contributed by atoms with Crippen LogP contribution in [-0.4, -0.2) is 29.4 Å². The second-order valence-electron chi connectivity index (χ2n) is 7.18. The number of hydrogen-bond acceptors (Lipinski definition) is 2. The molecule has 0 radical (unpaired) electrons. The Morgan fingerprint density at radius 3 is 2.12 bits per heavy atom. The molecule has 0 aromatic heterocycles. The standard InChI is InChI=1S/C22H28N2O/c1-3-21(25)24(20-12-8-5-9-13-20)22(2)14-16-23(17-15-22)18-19-10-6-4-7-11-19/h4-13H,3,14-18H2,1-2H3. The normalized spacial score (nSPS) is 17.2. The van der Waals surface area contributed by atoms with Crippen LogP contribution in [-0.2, 0) is 11.3 Å². The highest BCUT2D eigenvalue weighted by molar-refractivity contribution is 5.94. The van der Waals surface area contributed by atoms with Crippen LogP contribution in [0.2, 0.25) is 0 Å². The SMILES string of the molecule is CCC(=O)N(c1ccccc1)C1(C)CCN(Cc2ccccc2)CC1. The quantitative estimate of drug-likeness (QED) is 0.803. The second-order valence-corrected chi connectivity index (χ2v) is 7.18. The molecule has 1 heterocycles. The number of hydrogen-bond donors (Lipinski definition) is 0. The van der Waals surface area contributed by atoms with Crippen molar-refractivity contribution < 1.29 is 4.79 Å². The summed E-state index contributed by atoms with van der Waals surface area (Å²) < 4.78 is 0. The number of para-hydroxylation sites is 1. The maximum Gasteiger partial charge on any atom is 0.227 e. The van der Waals surface area contributed by atoms with Crippen LogP contribution in [0, 0.1) is 0 Å². The first kappa shape index (κ1) is 17.7. The molecule has 0 aliphatic carbocycles. The lowest BCUT2D eigenvalue weighted by Gasteiger charge is -2.47. The Kier molecular flexibility index (Phi) is 5.54. The van der Waals surface area contributed by atoms with E-state index in [0.717, 1.165) is 38.2 Å². The summed E-state index contributed by atoms with van der Waals surface area (Å²) in [4.78, 5) is 17.2. The van der Waals surface area contributed by atoms with Crippen molar-refractivity contribution in [2.75, 3.05) is 18.0 Å². The monoisotopic (exact) mass is 336 g/mol. The Hall–Kier alpha value is -2.13. The number of piperidine rings is 1. The predicted molar refractivity (Wildman–Crippen MR) is 104 cm³/mol.